The predicted octanol–water partition coefficient (Wildman–Crippen LogP) is 3.71. The highest BCUT2D eigenvalue weighted by molar-refractivity contribution is 14.0. The van der Waals surface area contributed by atoms with E-state index in [9.17, 15) is 13.2 Å². The lowest BCUT2D eigenvalue weighted by Gasteiger charge is -2.18. The van der Waals surface area contributed by atoms with E-state index in [2.05, 4.69) is 20.7 Å². The first-order valence-corrected chi connectivity index (χ1v) is 8.49. The van der Waals surface area contributed by atoms with Gasteiger partial charge in [-0.15, -0.1) is 24.0 Å². The maximum atomic E-state index is 13.4. The Bertz CT molecular complexity index is 790. The fraction of sp³-hybridized carbons (Fsp3) is 0.444. The number of aryl methyl sites for hydroxylation is 1. The molecule has 0 aliphatic carbocycles. The number of alkyl halides is 3. The van der Waals surface area contributed by atoms with Crippen molar-refractivity contribution in [2.24, 2.45) is 12.0 Å². The Morgan fingerprint density at radius 2 is 1.89 bits per heavy atom. The van der Waals surface area contributed by atoms with E-state index < -0.39 is 11.7 Å². The summed E-state index contributed by atoms with van der Waals surface area (Å²) < 4.78 is 47.3. The SMILES string of the molecule is CN=C(NCc1ccc(OC(C)C)cc1C(F)(F)F)NCc1ccnn1C.I. The van der Waals surface area contributed by atoms with Gasteiger partial charge in [-0.05, 0) is 37.6 Å². The van der Waals surface area contributed by atoms with Crippen LogP contribution in [0.5, 0.6) is 5.75 Å². The second kappa shape index (κ2) is 10.5. The molecule has 2 N–H and O–H groups in total. The van der Waals surface area contributed by atoms with Gasteiger partial charge in [0.05, 0.1) is 23.9 Å². The zero-order chi connectivity index (χ0) is 20.0. The first kappa shape index (κ1) is 24.1. The molecule has 0 amide bonds. The van der Waals surface area contributed by atoms with E-state index in [1.165, 1.54) is 12.1 Å². The van der Waals surface area contributed by atoms with Gasteiger partial charge in [-0.2, -0.15) is 18.3 Å². The van der Waals surface area contributed by atoms with E-state index in [-0.39, 0.29) is 47.9 Å². The van der Waals surface area contributed by atoms with Crippen LogP contribution in [0.15, 0.2) is 35.5 Å². The Kier molecular flexibility index (Phi) is 9.05. The molecule has 10 heteroatoms. The summed E-state index contributed by atoms with van der Waals surface area (Å²) in [6, 6.07) is 5.83. The Morgan fingerprint density at radius 3 is 2.43 bits per heavy atom. The van der Waals surface area contributed by atoms with Crippen molar-refractivity contribution in [1.82, 2.24) is 20.4 Å². The summed E-state index contributed by atoms with van der Waals surface area (Å²) in [6.07, 6.45) is -3.01. The minimum atomic E-state index is -4.47. The summed E-state index contributed by atoms with van der Waals surface area (Å²) in [4.78, 5) is 4.04. The molecular weight excluding hydrogens is 486 g/mol. The van der Waals surface area contributed by atoms with Gasteiger partial charge in [0.15, 0.2) is 5.96 Å². The summed E-state index contributed by atoms with van der Waals surface area (Å²) in [5, 5.41) is 10.0. The number of hydrogen-bond acceptors (Lipinski definition) is 3. The molecule has 156 valence electrons. The maximum absolute atomic E-state index is 13.4. The van der Waals surface area contributed by atoms with Crippen molar-refractivity contribution in [1.29, 1.82) is 0 Å². The quantitative estimate of drug-likeness (QED) is 0.353. The van der Waals surface area contributed by atoms with Crippen molar-refractivity contribution in [2.75, 3.05) is 7.05 Å². The highest BCUT2D eigenvalue weighted by Crippen LogP contribution is 2.34. The summed E-state index contributed by atoms with van der Waals surface area (Å²) in [5.41, 5.74) is 0.307. The van der Waals surface area contributed by atoms with Crippen LogP contribution in [0.3, 0.4) is 0 Å². The monoisotopic (exact) mass is 511 g/mol. The number of hydrogen-bond donors (Lipinski definition) is 2. The Morgan fingerprint density at radius 1 is 1.21 bits per heavy atom. The second-order valence-electron chi connectivity index (χ2n) is 6.21. The van der Waals surface area contributed by atoms with Gasteiger partial charge in [0.1, 0.15) is 5.75 Å². The first-order chi connectivity index (χ1) is 12.7. The number of guanidine groups is 1. The summed E-state index contributed by atoms with van der Waals surface area (Å²) >= 11 is 0. The van der Waals surface area contributed by atoms with Crippen molar-refractivity contribution in [3.63, 3.8) is 0 Å². The molecule has 0 saturated carbocycles. The summed E-state index contributed by atoms with van der Waals surface area (Å²) in [5.74, 6) is 0.589. The number of aromatic nitrogens is 2. The Hall–Kier alpha value is -1.98. The van der Waals surface area contributed by atoms with Crippen LogP contribution in [-0.4, -0.2) is 28.9 Å². The maximum Gasteiger partial charge on any atom is 0.416 e. The fourth-order valence-electron chi connectivity index (χ4n) is 2.47. The first-order valence-electron chi connectivity index (χ1n) is 8.49. The van der Waals surface area contributed by atoms with E-state index in [4.69, 9.17) is 4.74 Å². The molecule has 28 heavy (non-hydrogen) atoms. The molecule has 0 unspecified atom stereocenters. The Labute approximate surface area is 179 Å². The van der Waals surface area contributed by atoms with Gasteiger partial charge < -0.3 is 15.4 Å². The fourth-order valence-corrected chi connectivity index (χ4v) is 2.47. The predicted molar refractivity (Wildman–Crippen MR) is 113 cm³/mol. The van der Waals surface area contributed by atoms with Gasteiger partial charge in [0.2, 0.25) is 0 Å². The van der Waals surface area contributed by atoms with Crippen LogP contribution in [0.25, 0.3) is 0 Å². The van der Waals surface area contributed by atoms with E-state index in [1.807, 2.05) is 13.1 Å². The average molecular weight is 511 g/mol. The van der Waals surface area contributed by atoms with Gasteiger partial charge in [-0.3, -0.25) is 9.67 Å². The largest absolute Gasteiger partial charge is 0.491 e. The number of nitrogens with one attached hydrogen (secondary N) is 2. The third kappa shape index (κ3) is 6.88. The molecular formula is C18H25F3IN5O. The number of ether oxygens (including phenoxy) is 1. The minimum absolute atomic E-state index is 0. The number of benzene rings is 1. The van der Waals surface area contributed by atoms with Gasteiger partial charge in [-0.1, -0.05) is 6.07 Å². The third-order valence-corrected chi connectivity index (χ3v) is 3.79. The van der Waals surface area contributed by atoms with Crippen molar-refractivity contribution in [2.45, 2.75) is 39.2 Å². The molecule has 1 heterocycles. The normalized spacial score (nSPS) is 11.9. The second-order valence-corrected chi connectivity index (χ2v) is 6.21. The molecule has 0 fully saturated rings. The highest BCUT2D eigenvalue weighted by atomic mass is 127. The lowest BCUT2D eigenvalue weighted by molar-refractivity contribution is -0.138. The number of aliphatic imine (C=N–C) groups is 1. The summed E-state index contributed by atoms with van der Waals surface area (Å²) in [7, 11) is 3.37. The number of nitrogens with zero attached hydrogens (tertiary/aromatic N) is 3. The van der Waals surface area contributed by atoms with Crippen LogP contribution < -0.4 is 15.4 Å². The van der Waals surface area contributed by atoms with Crippen LogP contribution in [-0.2, 0) is 26.3 Å². The number of rotatable bonds is 6. The van der Waals surface area contributed by atoms with Crippen molar-refractivity contribution in [3.05, 3.63) is 47.3 Å². The van der Waals surface area contributed by atoms with Gasteiger partial charge >= 0.3 is 6.18 Å². The molecule has 0 atom stereocenters. The molecule has 2 rings (SSSR count). The number of halogens is 4. The Balaban J connectivity index is 0.00000392. The lowest BCUT2D eigenvalue weighted by atomic mass is 10.1. The molecule has 0 bridgehead atoms. The van der Waals surface area contributed by atoms with Crippen molar-refractivity contribution < 1.29 is 17.9 Å². The average Bonchev–Trinajstić information content (AvgIpc) is 2.99. The van der Waals surface area contributed by atoms with Crippen LogP contribution >= 0.6 is 24.0 Å². The van der Waals surface area contributed by atoms with Gasteiger partial charge in [0, 0.05) is 26.8 Å². The molecule has 6 nitrogen and oxygen atoms in total. The topological polar surface area (TPSA) is 63.5 Å². The van der Waals surface area contributed by atoms with Crippen LogP contribution in [0, 0.1) is 0 Å². The molecule has 0 aliphatic rings. The molecule has 0 aliphatic heterocycles. The van der Waals surface area contributed by atoms with Crippen molar-refractivity contribution >= 4 is 29.9 Å². The smallest absolute Gasteiger partial charge is 0.416 e. The van der Waals surface area contributed by atoms with E-state index in [1.54, 1.807) is 31.8 Å². The molecule has 1 aromatic heterocycles. The zero-order valence-electron chi connectivity index (χ0n) is 16.2. The van der Waals surface area contributed by atoms with E-state index >= 15 is 0 Å². The van der Waals surface area contributed by atoms with E-state index in [0.29, 0.717) is 12.5 Å². The van der Waals surface area contributed by atoms with Crippen LogP contribution in [0.2, 0.25) is 0 Å². The molecule has 1 aromatic carbocycles. The highest BCUT2D eigenvalue weighted by Gasteiger charge is 2.33. The molecule has 0 radical (unpaired) electrons. The van der Waals surface area contributed by atoms with Crippen LogP contribution in [0.4, 0.5) is 13.2 Å². The van der Waals surface area contributed by atoms with Gasteiger partial charge in [-0.25, -0.2) is 0 Å². The lowest BCUT2D eigenvalue weighted by Crippen LogP contribution is -2.37. The minimum Gasteiger partial charge on any atom is -0.491 e. The van der Waals surface area contributed by atoms with E-state index in [0.717, 1.165) is 11.8 Å². The summed E-state index contributed by atoms with van der Waals surface area (Å²) in [6.45, 7) is 3.95. The van der Waals surface area contributed by atoms with Crippen molar-refractivity contribution in [3.8, 4) is 5.75 Å². The van der Waals surface area contributed by atoms with Crippen LogP contribution in [0.1, 0.15) is 30.7 Å². The molecule has 0 spiro atoms. The van der Waals surface area contributed by atoms with Gasteiger partial charge in [0.25, 0.3) is 0 Å². The molecule has 0 saturated heterocycles. The third-order valence-electron chi connectivity index (χ3n) is 3.79. The standard InChI is InChI=1S/C18H24F3N5O.HI/c1-12(2)27-15-6-5-13(16(9-15)18(19,20)21)10-23-17(22-3)24-11-14-7-8-25-26(14)4;/h5-9,12H,10-11H2,1-4H3,(H2,22,23,24);1H. The zero-order valence-corrected chi connectivity index (χ0v) is 18.5. The molecule has 2 aromatic rings.